The molecule has 0 aromatic carbocycles. The second kappa shape index (κ2) is 7.88. The largest absolute Gasteiger partial charge is 0.463 e. The Morgan fingerprint density at radius 1 is 1.19 bits per heavy atom. The molecular formula is C19H27N3O4. The fourth-order valence-electron chi connectivity index (χ4n) is 4.28. The molecule has 1 aromatic rings. The standard InChI is InChI=1S/C19H27N3O4/c23-17(16-4-8-24-9-5-16)22-13-19(14-22)12-15(3-11-26-19)2-10-25-18-20-6-1-7-21-18/h1,6-7,15-16H,2-5,8-14H2/t15-/m1/s1. The lowest BCUT2D eigenvalue weighted by atomic mass is 9.78. The molecule has 0 aliphatic carbocycles. The van der Waals surface area contributed by atoms with Crippen LogP contribution < -0.4 is 4.74 Å². The van der Waals surface area contributed by atoms with E-state index < -0.39 is 0 Å². The molecule has 3 saturated heterocycles. The van der Waals surface area contributed by atoms with E-state index >= 15 is 0 Å². The molecule has 0 unspecified atom stereocenters. The number of amides is 1. The van der Waals surface area contributed by atoms with Crippen LogP contribution >= 0.6 is 0 Å². The van der Waals surface area contributed by atoms with Gasteiger partial charge in [-0.05, 0) is 44.1 Å². The van der Waals surface area contributed by atoms with Crippen LogP contribution in [0.2, 0.25) is 0 Å². The summed E-state index contributed by atoms with van der Waals surface area (Å²) in [5, 5.41) is 0. The van der Waals surface area contributed by atoms with Crippen LogP contribution in [0.1, 0.15) is 32.1 Å². The molecule has 142 valence electrons. The minimum Gasteiger partial charge on any atom is -0.463 e. The molecule has 0 saturated carbocycles. The molecule has 1 aromatic heterocycles. The predicted octanol–water partition coefficient (Wildman–Crippen LogP) is 1.68. The van der Waals surface area contributed by atoms with Crippen LogP contribution in [0.25, 0.3) is 0 Å². The second-order valence-electron chi connectivity index (χ2n) is 7.64. The Morgan fingerprint density at radius 3 is 2.73 bits per heavy atom. The highest BCUT2D eigenvalue weighted by atomic mass is 16.5. The van der Waals surface area contributed by atoms with E-state index in [1.165, 1.54) is 0 Å². The third-order valence-corrected chi connectivity index (χ3v) is 5.73. The van der Waals surface area contributed by atoms with Crippen molar-refractivity contribution in [3.05, 3.63) is 18.5 Å². The summed E-state index contributed by atoms with van der Waals surface area (Å²) in [7, 11) is 0. The number of aromatic nitrogens is 2. The average Bonchev–Trinajstić information content (AvgIpc) is 2.67. The normalized spacial score (nSPS) is 25.7. The van der Waals surface area contributed by atoms with Crippen molar-refractivity contribution in [2.45, 2.75) is 37.7 Å². The third kappa shape index (κ3) is 3.99. The number of hydrogen-bond donors (Lipinski definition) is 0. The van der Waals surface area contributed by atoms with Gasteiger partial charge in [0, 0.05) is 38.1 Å². The molecule has 26 heavy (non-hydrogen) atoms. The van der Waals surface area contributed by atoms with E-state index in [0.29, 0.717) is 31.7 Å². The topological polar surface area (TPSA) is 73.8 Å². The number of likely N-dealkylation sites (tertiary alicyclic amines) is 1. The molecule has 3 aliphatic rings. The monoisotopic (exact) mass is 361 g/mol. The summed E-state index contributed by atoms with van der Waals surface area (Å²) in [6.45, 7) is 4.28. The van der Waals surface area contributed by atoms with Crippen LogP contribution in [0.4, 0.5) is 0 Å². The highest BCUT2D eigenvalue weighted by Crippen LogP contribution is 2.39. The van der Waals surface area contributed by atoms with Crippen molar-refractivity contribution in [2.75, 3.05) is 39.5 Å². The fraction of sp³-hybridized carbons (Fsp3) is 0.737. The van der Waals surface area contributed by atoms with Crippen LogP contribution in [0.15, 0.2) is 18.5 Å². The lowest BCUT2D eigenvalue weighted by molar-refractivity contribution is -0.192. The van der Waals surface area contributed by atoms with Gasteiger partial charge in [0.25, 0.3) is 0 Å². The SMILES string of the molecule is O=C(C1CCOCC1)N1CC2(C[C@H](CCOc3ncccn3)CCO2)C1. The number of carbonyl (C=O) groups excluding carboxylic acids is 1. The van der Waals surface area contributed by atoms with Gasteiger partial charge in [-0.3, -0.25) is 4.79 Å². The van der Waals surface area contributed by atoms with Gasteiger partial charge in [-0.1, -0.05) is 0 Å². The number of nitrogens with zero attached hydrogens (tertiary/aromatic N) is 3. The molecule has 1 amide bonds. The molecule has 3 fully saturated rings. The first-order valence-electron chi connectivity index (χ1n) is 9.64. The maximum Gasteiger partial charge on any atom is 0.316 e. The Hall–Kier alpha value is -1.73. The van der Waals surface area contributed by atoms with E-state index in [0.717, 1.165) is 51.8 Å². The maximum atomic E-state index is 12.6. The number of ether oxygens (including phenoxy) is 3. The first kappa shape index (κ1) is 17.7. The maximum absolute atomic E-state index is 12.6. The van der Waals surface area contributed by atoms with Crippen molar-refractivity contribution >= 4 is 5.91 Å². The first-order chi connectivity index (χ1) is 12.7. The first-order valence-corrected chi connectivity index (χ1v) is 9.64. The molecule has 0 bridgehead atoms. The van der Waals surface area contributed by atoms with Crippen LogP contribution in [0.5, 0.6) is 6.01 Å². The second-order valence-corrected chi connectivity index (χ2v) is 7.64. The van der Waals surface area contributed by atoms with Crippen molar-refractivity contribution in [2.24, 2.45) is 11.8 Å². The predicted molar refractivity (Wildman–Crippen MR) is 93.7 cm³/mol. The quantitative estimate of drug-likeness (QED) is 0.794. The molecule has 3 aliphatic heterocycles. The summed E-state index contributed by atoms with van der Waals surface area (Å²) in [6.07, 6.45) is 8.10. The molecule has 4 rings (SSSR count). The Labute approximate surface area is 154 Å². The highest BCUT2D eigenvalue weighted by molar-refractivity contribution is 5.80. The molecular weight excluding hydrogens is 334 g/mol. The number of hydrogen-bond acceptors (Lipinski definition) is 6. The van der Waals surface area contributed by atoms with Gasteiger partial charge in [0.15, 0.2) is 0 Å². The summed E-state index contributed by atoms with van der Waals surface area (Å²) < 4.78 is 17.1. The Balaban J connectivity index is 1.22. The summed E-state index contributed by atoms with van der Waals surface area (Å²) in [4.78, 5) is 22.7. The smallest absolute Gasteiger partial charge is 0.316 e. The summed E-state index contributed by atoms with van der Waals surface area (Å²) in [5.41, 5.74) is -0.132. The molecule has 7 nitrogen and oxygen atoms in total. The molecule has 0 N–H and O–H groups in total. The minimum absolute atomic E-state index is 0.132. The van der Waals surface area contributed by atoms with E-state index in [1.807, 2.05) is 4.90 Å². The Kier molecular flexibility index (Phi) is 5.36. The highest BCUT2D eigenvalue weighted by Gasteiger charge is 2.50. The lowest BCUT2D eigenvalue weighted by Gasteiger charge is -2.54. The van der Waals surface area contributed by atoms with Crippen molar-refractivity contribution in [1.82, 2.24) is 14.9 Å². The molecule has 0 radical (unpaired) electrons. The van der Waals surface area contributed by atoms with Crippen LogP contribution in [0, 0.1) is 11.8 Å². The molecule has 4 heterocycles. The van der Waals surface area contributed by atoms with Crippen molar-refractivity contribution in [1.29, 1.82) is 0 Å². The zero-order valence-corrected chi connectivity index (χ0v) is 15.1. The van der Waals surface area contributed by atoms with Gasteiger partial charge in [-0.15, -0.1) is 0 Å². The van der Waals surface area contributed by atoms with Gasteiger partial charge in [-0.2, -0.15) is 0 Å². The summed E-state index contributed by atoms with van der Waals surface area (Å²) in [6, 6.07) is 2.21. The van der Waals surface area contributed by atoms with Gasteiger partial charge in [0.1, 0.15) is 5.60 Å². The van der Waals surface area contributed by atoms with Crippen molar-refractivity contribution in [3.63, 3.8) is 0 Å². The van der Waals surface area contributed by atoms with Gasteiger partial charge in [0.05, 0.1) is 19.7 Å². The molecule has 7 heteroatoms. The molecule has 1 spiro atoms. The zero-order valence-electron chi connectivity index (χ0n) is 15.1. The zero-order chi connectivity index (χ0) is 17.8. The van der Waals surface area contributed by atoms with Crippen molar-refractivity contribution < 1.29 is 19.0 Å². The van der Waals surface area contributed by atoms with Crippen LogP contribution in [-0.2, 0) is 14.3 Å². The number of rotatable bonds is 5. The van der Waals surface area contributed by atoms with E-state index in [9.17, 15) is 4.79 Å². The summed E-state index contributed by atoms with van der Waals surface area (Å²) >= 11 is 0. The summed E-state index contributed by atoms with van der Waals surface area (Å²) in [5.74, 6) is 0.988. The van der Waals surface area contributed by atoms with Gasteiger partial charge >= 0.3 is 6.01 Å². The van der Waals surface area contributed by atoms with Crippen LogP contribution in [0.3, 0.4) is 0 Å². The van der Waals surface area contributed by atoms with E-state index in [1.54, 1.807) is 18.5 Å². The number of carbonyl (C=O) groups is 1. The molecule has 1 atom stereocenters. The van der Waals surface area contributed by atoms with E-state index in [-0.39, 0.29) is 17.4 Å². The Morgan fingerprint density at radius 2 is 1.96 bits per heavy atom. The lowest BCUT2D eigenvalue weighted by Crippen LogP contribution is -2.67. The fourth-order valence-corrected chi connectivity index (χ4v) is 4.28. The van der Waals surface area contributed by atoms with Crippen LogP contribution in [-0.4, -0.2) is 65.9 Å². The van der Waals surface area contributed by atoms with Gasteiger partial charge < -0.3 is 19.1 Å². The van der Waals surface area contributed by atoms with E-state index in [4.69, 9.17) is 14.2 Å². The third-order valence-electron chi connectivity index (χ3n) is 5.73. The van der Waals surface area contributed by atoms with Crippen molar-refractivity contribution in [3.8, 4) is 6.01 Å². The Bertz CT molecular complexity index is 600. The van der Waals surface area contributed by atoms with Gasteiger partial charge in [0.2, 0.25) is 5.91 Å². The average molecular weight is 361 g/mol. The van der Waals surface area contributed by atoms with E-state index in [2.05, 4.69) is 9.97 Å². The van der Waals surface area contributed by atoms with Gasteiger partial charge in [-0.25, -0.2) is 9.97 Å². The minimum atomic E-state index is -0.132.